The van der Waals surface area contributed by atoms with Crippen LogP contribution in [0.5, 0.6) is 0 Å². The summed E-state index contributed by atoms with van der Waals surface area (Å²) in [5.41, 5.74) is 0.919. The lowest BCUT2D eigenvalue weighted by molar-refractivity contribution is -0.117. The summed E-state index contributed by atoms with van der Waals surface area (Å²) in [6.45, 7) is 6.24. The number of allylic oxidation sites excluding steroid dienone is 2. The lowest BCUT2D eigenvalue weighted by atomic mass is 9.73. The fourth-order valence-electron chi connectivity index (χ4n) is 2.30. The summed E-state index contributed by atoms with van der Waals surface area (Å²) in [5, 5.41) is 18.9. The number of carbonyl (C=O) groups is 1. The molecule has 1 rings (SSSR count). The predicted octanol–water partition coefficient (Wildman–Crippen LogP) is 2.42. The molecule has 0 atom stereocenters. The van der Waals surface area contributed by atoms with Crippen LogP contribution in [0.25, 0.3) is 0 Å². The van der Waals surface area contributed by atoms with Gasteiger partial charge in [-0.2, -0.15) is 0 Å². The van der Waals surface area contributed by atoms with E-state index in [0.717, 1.165) is 6.42 Å². The molecule has 1 aliphatic carbocycles. The highest BCUT2D eigenvalue weighted by Crippen LogP contribution is 2.35. The van der Waals surface area contributed by atoms with Crippen LogP contribution in [0.1, 0.15) is 46.5 Å². The number of aliphatic hydroxyl groups is 2. The van der Waals surface area contributed by atoms with Crippen molar-refractivity contribution in [2.24, 2.45) is 10.4 Å². The van der Waals surface area contributed by atoms with Crippen LogP contribution >= 0.6 is 0 Å². The monoisotopic (exact) mass is 253 g/mol. The van der Waals surface area contributed by atoms with Crippen molar-refractivity contribution in [1.82, 2.24) is 0 Å². The molecule has 0 saturated heterocycles. The molecule has 102 valence electrons. The number of nitrogens with zero attached hydrogens (tertiary/aromatic N) is 1. The average molecular weight is 253 g/mol. The second-order valence-corrected chi connectivity index (χ2v) is 5.56. The lowest BCUT2D eigenvalue weighted by Gasteiger charge is -2.31. The van der Waals surface area contributed by atoms with E-state index in [1.54, 1.807) is 0 Å². The molecule has 0 aromatic rings. The van der Waals surface area contributed by atoms with Gasteiger partial charge in [0, 0.05) is 18.6 Å². The predicted molar refractivity (Wildman–Crippen MR) is 72.0 cm³/mol. The van der Waals surface area contributed by atoms with Crippen LogP contribution in [0.4, 0.5) is 0 Å². The van der Waals surface area contributed by atoms with E-state index in [1.807, 2.05) is 20.8 Å². The lowest BCUT2D eigenvalue weighted by Crippen LogP contribution is -2.33. The zero-order valence-electron chi connectivity index (χ0n) is 11.5. The largest absolute Gasteiger partial charge is 0.511 e. The van der Waals surface area contributed by atoms with E-state index in [-0.39, 0.29) is 30.1 Å². The zero-order chi connectivity index (χ0) is 13.8. The zero-order valence-corrected chi connectivity index (χ0v) is 11.5. The Balaban J connectivity index is 3.11. The molecule has 4 heteroatoms. The molecular formula is C14H23NO3. The number of aliphatic hydroxyl groups excluding tert-OH is 2. The molecule has 0 aliphatic heterocycles. The Morgan fingerprint density at radius 2 is 2.06 bits per heavy atom. The smallest absolute Gasteiger partial charge is 0.168 e. The van der Waals surface area contributed by atoms with Crippen molar-refractivity contribution in [2.45, 2.75) is 46.5 Å². The van der Waals surface area contributed by atoms with Crippen molar-refractivity contribution in [3.8, 4) is 0 Å². The van der Waals surface area contributed by atoms with Gasteiger partial charge in [0.25, 0.3) is 0 Å². The third kappa shape index (κ3) is 3.67. The van der Waals surface area contributed by atoms with Gasteiger partial charge < -0.3 is 10.2 Å². The SMILES string of the molecule is CCC/C(O)=C1\C(=O)CC(C)(C)CC1=NCCO. The van der Waals surface area contributed by atoms with Crippen LogP contribution in [0.2, 0.25) is 0 Å². The number of rotatable bonds is 4. The summed E-state index contributed by atoms with van der Waals surface area (Å²) in [6, 6.07) is 0. The molecule has 0 aromatic carbocycles. The summed E-state index contributed by atoms with van der Waals surface area (Å²) < 4.78 is 0. The average Bonchev–Trinajstić information content (AvgIpc) is 2.24. The van der Waals surface area contributed by atoms with Crippen LogP contribution < -0.4 is 0 Å². The van der Waals surface area contributed by atoms with Gasteiger partial charge in [-0.15, -0.1) is 0 Å². The van der Waals surface area contributed by atoms with E-state index in [9.17, 15) is 9.90 Å². The third-order valence-electron chi connectivity index (χ3n) is 3.03. The third-order valence-corrected chi connectivity index (χ3v) is 3.03. The molecule has 0 heterocycles. The van der Waals surface area contributed by atoms with Crippen LogP contribution in [-0.2, 0) is 4.79 Å². The highest BCUT2D eigenvalue weighted by molar-refractivity contribution is 6.24. The van der Waals surface area contributed by atoms with Gasteiger partial charge in [0.1, 0.15) is 5.76 Å². The quantitative estimate of drug-likeness (QED) is 0.597. The summed E-state index contributed by atoms with van der Waals surface area (Å²) in [4.78, 5) is 16.4. The molecule has 2 N–H and O–H groups in total. The van der Waals surface area contributed by atoms with Gasteiger partial charge in [0.15, 0.2) is 5.78 Å². The Labute approximate surface area is 108 Å². The first-order valence-electron chi connectivity index (χ1n) is 6.51. The van der Waals surface area contributed by atoms with Crippen LogP contribution in [0.3, 0.4) is 0 Å². The van der Waals surface area contributed by atoms with Crippen LogP contribution in [0.15, 0.2) is 16.3 Å². The van der Waals surface area contributed by atoms with Crippen molar-refractivity contribution >= 4 is 11.5 Å². The molecule has 1 aliphatic rings. The molecule has 18 heavy (non-hydrogen) atoms. The van der Waals surface area contributed by atoms with Gasteiger partial charge in [-0.1, -0.05) is 20.8 Å². The minimum Gasteiger partial charge on any atom is -0.511 e. The second kappa shape index (κ2) is 6.14. The van der Waals surface area contributed by atoms with Gasteiger partial charge in [-0.25, -0.2) is 0 Å². The number of ketones is 1. The van der Waals surface area contributed by atoms with Crippen molar-refractivity contribution in [1.29, 1.82) is 0 Å². The molecule has 0 radical (unpaired) electrons. The van der Waals surface area contributed by atoms with E-state index in [2.05, 4.69) is 4.99 Å². The molecule has 0 spiro atoms. The van der Waals surface area contributed by atoms with Crippen LogP contribution in [0, 0.1) is 5.41 Å². The second-order valence-electron chi connectivity index (χ2n) is 5.56. The van der Waals surface area contributed by atoms with Crippen molar-refractivity contribution in [3.63, 3.8) is 0 Å². The van der Waals surface area contributed by atoms with Crippen molar-refractivity contribution in [2.75, 3.05) is 13.2 Å². The maximum absolute atomic E-state index is 12.1. The molecular weight excluding hydrogens is 230 g/mol. The summed E-state index contributed by atoms with van der Waals surface area (Å²) in [7, 11) is 0. The van der Waals surface area contributed by atoms with Gasteiger partial charge in [0.05, 0.1) is 18.7 Å². The van der Waals surface area contributed by atoms with Crippen molar-refractivity contribution < 1.29 is 15.0 Å². The minimum absolute atomic E-state index is 0.0334. The Morgan fingerprint density at radius 1 is 1.39 bits per heavy atom. The normalized spacial score (nSPS) is 24.4. The summed E-state index contributed by atoms with van der Waals surface area (Å²) in [6.07, 6.45) is 2.40. The Morgan fingerprint density at radius 3 is 2.61 bits per heavy atom. The highest BCUT2D eigenvalue weighted by atomic mass is 16.3. The highest BCUT2D eigenvalue weighted by Gasteiger charge is 2.35. The molecule has 0 bridgehead atoms. The van der Waals surface area contributed by atoms with E-state index in [4.69, 9.17) is 5.11 Å². The van der Waals surface area contributed by atoms with Gasteiger partial charge >= 0.3 is 0 Å². The van der Waals surface area contributed by atoms with E-state index in [1.165, 1.54) is 0 Å². The first-order chi connectivity index (χ1) is 8.41. The Bertz CT molecular complexity index is 381. The minimum atomic E-state index is -0.124. The fourth-order valence-corrected chi connectivity index (χ4v) is 2.30. The molecule has 0 aromatic heterocycles. The van der Waals surface area contributed by atoms with E-state index in [0.29, 0.717) is 30.5 Å². The molecule has 1 fully saturated rings. The number of hydrogen-bond acceptors (Lipinski definition) is 4. The number of aliphatic imine (C=N–C) groups is 1. The Kier molecular flexibility index (Phi) is 5.08. The molecule has 4 nitrogen and oxygen atoms in total. The molecule has 1 saturated carbocycles. The standard InChI is InChI=1S/C14H23NO3/c1-4-5-11(17)13-10(15-6-7-16)8-14(2,3)9-12(13)18/h16-17H,4-9H2,1-3H3/b13-11+,15-10?. The van der Waals surface area contributed by atoms with E-state index < -0.39 is 0 Å². The first-order valence-corrected chi connectivity index (χ1v) is 6.51. The Hall–Kier alpha value is -1.16. The molecule has 0 unspecified atom stereocenters. The van der Waals surface area contributed by atoms with Gasteiger partial charge in [-0.05, 0) is 18.3 Å². The van der Waals surface area contributed by atoms with Gasteiger partial charge in [-0.3, -0.25) is 9.79 Å². The van der Waals surface area contributed by atoms with Crippen molar-refractivity contribution in [3.05, 3.63) is 11.3 Å². The number of hydrogen-bond donors (Lipinski definition) is 2. The number of carbonyl (C=O) groups excluding carboxylic acids is 1. The first kappa shape index (κ1) is 14.9. The molecule has 0 amide bonds. The fraction of sp³-hybridized carbons (Fsp3) is 0.714. The summed E-state index contributed by atoms with van der Waals surface area (Å²) in [5.74, 6) is 0.114. The van der Waals surface area contributed by atoms with E-state index >= 15 is 0 Å². The summed E-state index contributed by atoms with van der Waals surface area (Å²) >= 11 is 0. The maximum Gasteiger partial charge on any atom is 0.168 e. The van der Waals surface area contributed by atoms with Gasteiger partial charge in [0.2, 0.25) is 0 Å². The number of Topliss-reactive ketones (excluding diaryl/α,β-unsaturated/α-hetero) is 1. The van der Waals surface area contributed by atoms with Crippen LogP contribution in [-0.4, -0.2) is 34.9 Å². The maximum atomic E-state index is 12.1. The topological polar surface area (TPSA) is 69.9 Å².